The van der Waals surface area contributed by atoms with Gasteiger partial charge in [0.05, 0.1) is 0 Å². The number of aliphatic hydroxyl groups is 1. The van der Waals surface area contributed by atoms with Gasteiger partial charge < -0.3 is 5.11 Å². The molecule has 16 heavy (non-hydrogen) atoms. The number of hydrogen-bond donors (Lipinski definition) is 2. The van der Waals surface area contributed by atoms with Crippen molar-refractivity contribution in [2.45, 2.75) is 6.10 Å². The molecular formula is C11H12N2O2S. The highest BCUT2D eigenvalue weighted by Crippen LogP contribution is 2.22. The van der Waals surface area contributed by atoms with Crippen molar-refractivity contribution in [3.63, 3.8) is 0 Å². The number of rotatable bonds is 2. The lowest BCUT2D eigenvalue weighted by Gasteiger charge is -2.18. The van der Waals surface area contributed by atoms with Gasteiger partial charge in [-0.25, -0.2) is 0 Å². The third-order valence-corrected chi connectivity index (χ3v) is 3.29. The predicted molar refractivity (Wildman–Crippen MR) is 63.3 cm³/mol. The maximum atomic E-state index is 11.9. The van der Waals surface area contributed by atoms with Crippen molar-refractivity contribution in [1.82, 2.24) is 4.90 Å². The van der Waals surface area contributed by atoms with Crippen LogP contribution < -0.4 is 0 Å². The van der Waals surface area contributed by atoms with Crippen molar-refractivity contribution in [2.75, 3.05) is 12.3 Å². The maximum absolute atomic E-state index is 11.9. The first kappa shape index (κ1) is 11.2. The van der Waals surface area contributed by atoms with E-state index in [1.54, 1.807) is 24.3 Å². The molecule has 0 radical (unpaired) electrons. The molecule has 1 atom stereocenters. The van der Waals surface area contributed by atoms with Gasteiger partial charge in [0, 0.05) is 12.3 Å². The normalized spacial score (nSPS) is 17.6. The maximum Gasteiger partial charge on any atom is 0.262 e. The van der Waals surface area contributed by atoms with Gasteiger partial charge in [-0.05, 0) is 5.56 Å². The standard InChI is InChI=1S/C11H12N2O2S/c12-11-13(6-7-16-11)10(15)9(14)8-4-2-1-3-5-8/h1-5,9,12,14H,6-7H2/t9-/m0/s1. The molecule has 2 N–H and O–H groups in total. The fourth-order valence-electron chi connectivity index (χ4n) is 1.55. The van der Waals surface area contributed by atoms with Gasteiger partial charge in [0.25, 0.3) is 5.91 Å². The van der Waals surface area contributed by atoms with Crippen molar-refractivity contribution >= 4 is 22.8 Å². The van der Waals surface area contributed by atoms with E-state index in [1.165, 1.54) is 16.7 Å². The Morgan fingerprint density at radius 2 is 2.12 bits per heavy atom. The molecule has 1 heterocycles. The molecule has 1 aromatic carbocycles. The lowest BCUT2D eigenvalue weighted by molar-refractivity contribution is -0.136. The zero-order valence-electron chi connectivity index (χ0n) is 8.59. The molecule has 0 spiro atoms. The number of carbonyl (C=O) groups excluding carboxylic acids is 1. The first-order valence-electron chi connectivity index (χ1n) is 4.96. The number of aliphatic hydroxyl groups excluding tert-OH is 1. The van der Waals surface area contributed by atoms with E-state index in [1.807, 2.05) is 6.07 Å². The molecule has 2 rings (SSSR count). The van der Waals surface area contributed by atoms with E-state index in [0.717, 1.165) is 5.75 Å². The summed E-state index contributed by atoms with van der Waals surface area (Å²) in [5.74, 6) is 0.313. The summed E-state index contributed by atoms with van der Waals surface area (Å²) in [4.78, 5) is 13.2. The molecule has 0 aromatic heterocycles. The van der Waals surface area contributed by atoms with Crippen molar-refractivity contribution in [3.8, 4) is 0 Å². The van der Waals surface area contributed by atoms with Gasteiger partial charge in [-0.3, -0.25) is 15.1 Å². The van der Waals surface area contributed by atoms with Crippen molar-refractivity contribution in [1.29, 1.82) is 5.41 Å². The summed E-state index contributed by atoms with van der Waals surface area (Å²) < 4.78 is 0. The van der Waals surface area contributed by atoms with Gasteiger partial charge in [0.1, 0.15) is 0 Å². The fourth-order valence-corrected chi connectivity index (χ4v) is 2.35. The molecule has 1 aliphatic heterocycles. The van der Waals surface area contributed by atoms with Gasteiger partial charge >= 0.3 is 0 Å². The highest BCUT2D eigenvalue weighted by atomic mass is 32.2. The number of benzene rings is 1. The van der Waals surface area contributed by atoms with Gasteiger partial charge in [0.15, 0.2) is 11.3 Å². The van der Waals surface area contributed by atoms with Crippen molar-refractivity contribution in [3.05, 3.63) is 35.9 Å². The molecule has 5 heteroatoms. The Morgan fingerprint density at radius 1 is 1.44 bits per heavy atom. The fraction of sp³-hybridized carbons (Fsp3) is 0.273. The van der Waals surface area contributed by atoms with Gasteiger partial charge in [-0.2, -0.15) is 0 Å². The second-order valence-corrected chi connectivity index (χ2v) is 4.54. The van der Waals surface area contributed by atoms with Gasteiger partial charge in [-0.1, -0.05) is 42.1 Å². The molecule has 1 aromatic rings. The molecule has 84 valence electrons. The van der Waals surface area contributed by atoms with Crippen molar-refractivity contribution in [2.24, 2.45) is 0 Å². The van der Waals surface area contributed by atoms with E-state index in [0.29, 0.717) is 12.1 Å². The largest absolute Gasteiger partial charge is 0.378 e. The van der Waals surface area contributed by atoms with E-state index >= 15 is 0 Å². The van der Waals surface area contributed by atoms with Gasteiger partial charge in [0.2, 0.25) is 0 Å². The summed E-state index contributed by atoms with van der Waals surface area (Å²) in [5.41, 5.74) is 0.567. The summed E-state index contributed by atoms with van der Waals surface area (Å²) in [7, 11) is 0. The van der Waals surface area contributed by atoms with E-state index in [9.17, 15) is 9.90 Å². The Labute approximate surface area is 97.8 Å². The van der Waals surface area contributed by atoms with Crippen LogP contribution in [0.3, 0.4) is 0 Å². The molecule has 1 amide bonds. The number of thioether (sulfide) groups is 1. The lowest BCUT2D eigenvalue weighted by Crippen LogP contribution is -2.35. The van der Waals surface area contributed by atoms with Crippen LogP contribution in [-0.4, -0.2) is 33.4 Å². The number of nitrogens with zero attached hydrogens (tertiary/aromatic N) is 1. The Morgan fingerprint density at radius 3 is 2.69 bits per heavy atom. The van der Waals surface area contributed by atoms with E-state index in [2.05, 4.69) is 0 Å². The molecule has 0 unspecified atom stereocenters. The average molecular weight is 236 g/mol. The second kappa shape index (κ2) is 4.67. The van der Waals surface area contributed by atoms with Crippen LogP contribution in [0.1, 0.15) is 11.7 Å². The topological polar surface area (TPSA) is 64.4 Å². The van der Waals surface area contributed by atoms with Crippen LogP contribution in [-0.2, 0) is 4.79 Å². The summed E-state index contributed by atoms with van der Waals surface area (Å²) in [6, 6.07) is 8.78. The molecular weight excluding hydrogens is 224 g/mol. The number of hydrogen-bond acceptors (Lipinski definition) is 4. The van der Waals surface area contributed by atoms with Crippen molar-refractivity contribution < 1.29 is 9.90 Å². The minimum atomic E-state index is -1.17. The minimum Gasteiger partial charge on any atom is -0.378 e. The van der Waals surface area contributed by atoms with E-state index in [-0.39, 0.29) is 5.17 Å². The molecule has 0 aliphatic carbocycles. The number of nitrogens with one attached hydrogen (secondary N) is 1. The lowest BCUT2D eigenvalue weighted by atomic mass is 10.1. The highest BCUT2D eigenvalue weighted by molar-refractivity contribution is 8.14. The number of amidine groups is 1. The zero-order chi connectivity index (χ0) is 11.5. The van der Waals surface area contributed by atoms with Crippen LogP contribution >= 0.6 is 11.8 Å². The van der Waals surface area contributed by atoms with E-state index in [4.69, 9.17) is 5.41 Å². The average Bonchev–Trinajstić information content (AvgIpc) is 2.75. The molecule has 4 nitrogen and oxygen atoms in total. The smallest absolute Gasteiger partial charge is 0.262 e. The summed E-state index contributed by atoms with van der Waals surface area (Å²) >= 11 is 1.32. The Kier molecular flexibility index (Phi) is 3.26. The van der Waals surface area contributed by atoms with Crippen LogP contribution in [0.25, 0.3) is 0 Å². The zero-order valence-corrected chi connectivity index (χ0v) is 9.41. The quantitative estimate of drug-likeness (QED) is 0.811. The molecule has 0 bridgehead atoms. The summed E-state index contributed by atoms with van der Waals surface area (Å²) in [6.45, 7) is 0.506. The highest BCUT2D eigenvalue weighted by Gasteiger charge is 2.29. The molecule has 1 saturated heterocycles. The Hall–Kier alpha value is -1.33. The van der Waals surface area contributed by atoms with Crippen LogP contribution in [0.15, 0.2) is 30.3 Å². The first-order valence-corrected chi connectivity index (χ1v) is 5.94. The monoisotopic (exact) mass is 236 g/mol. The Balaban J connectivity index is 2.13. The third kappa shape index (κ3) is 2.10. The number of amides is 1. The van der Waals surface area contributed by atoms with Crippen LogP contribution in [0.2, 0.25) is 0 Å². The minimum absolute atomic E-state index is 0.222. The van der Waals surface area contributed by atoms with Crippen LogP contribution in [0, 0.1) is 5.41 Å². The van der Waals surface area contributed by atoms with E-state index < -0.39 is 12.0 Å². The van der Waals surface area contributed by atoms with Crippen LogP contribution in [0.5, 0.6) is 0 Å². The predicted octanol–water partition coefficient (Wildman–Crippen LogP) is 1.23. The van der Waals surface area contributed by atoms with Gasteiger partial charge in [-0.15, -0.1) is 0 Å². The second-order valence-electron chi connectivity index (χ2n) is 3.46. The molecule has 1 aliphatic rings. The Bertz CT molecular complexity index is 408. The third-order valence-electron chi connectivity index (χ3n) is 2.41. The molecule has 1 fully saturated rings. The number of carbonyl (C=O) groups is 1. The first-order chi connectivity index (χ1) is 7.70. The SMILES string of the molecule is N=C1SCCN1C(=O)[C@@H](O)c1ccccc1. The summed E-state index contributed by atoms with van der Waals surface area (Å²) in [5, 5.41) is 17.6. The summed E-state index contributed by atoms with van der Waals surface area (Å²) in [6.07, 6.45) is -1.17. The molecule has 0 saturated carbocycles. The van der Waals surface area contributed by atoms with Crippen LogP contribution in [0.4, 0.5) is 0 Å².